The monoisotopic (exact) mass is 358 g/mol. The molecule has 3 aromatic carbocycles. The molecular formula is C23H22N2O2. The van der Waals surface area contributed by atoms with Crippen molar-refractivity contribution in [2.75, 3.05) is 10.6 Å². The van der Waals surface area contributed by atoms with Crippen molar-refractivity contribution in [3.8, 4) is 0 Å². The molecule has 0 atom stereocenters. The predicted octanol–water partition coefficient (Wildman–Crippen LogP) is 4.82. The quantitative estimate of drug-likeness (QED) is 0.664. The Hall–Kier alpha value is -3.40. The standard InChI is InChI=1S/C23H22N2O2/c1-17-7-5-11-20(15-17)25-23(27)19-10-6-12-21(16-19)24-22(26)14-13-18-8-3-2-4-9-18/h2-12,15-16H,13-14H2,1H3,(H,24,26)(H,25,27). The molecule has 0 aromatic heterocycles. The van der Waals surface area contributed by atoms with Crippen LogP contribution in [0.15, 0.2) is 78.9 Å². The van der Waals surface area contributed by atoms with Gasteiger partial charge in [0.2, 0.25) is 5.91 Å². The number of anilines is 2. The van der Waals surface area contributed by atoms with E-state index in [2.05, 4.69) is 10.6 Å². The first kappa shape index (κ1) is 18.4. The highest BCUT2D eigenvalue weighted by Crippen LogP contribution is 2.15. The molecule has 0 saturated heterocycles. The molecule has 3 aromatic rings. The summed E-state index contributed by atoms with van der Waals surface area (Å²) in [6, 6.07) is 24.5. The van der Waals surface area contributed by atoms with Gasteiger partial charge in [0.25, 0.3) is 5.91 Å². The van der Waals surface area contributed by atoms with E-state index in [4.69, 9.17) is 0 Å². The van der Waals surface area contributed by atoms with Gasteiger partial charge < -0.3 is 10.6 Å². The molecule has 0 aliphatic heterocycles. The van der Waals surface area contributed by atoms with Crippen LogP contribution in [0.4, 0.5) is 11.4 Å². The molecule has 4 heteroatoms. The van der Waals surface area contributed by atoms with Crippen LogP contribution < -0.4 is 10.6 Å². The zero-order valence-electron chi connectivity index (χ0n) is 15.2. The van der Waals surface area contributed by atoms with Crippen LogP contribution in [0.5, 0.6) is 0 Å². The third kappa shape index (κ3) is 5.54. The maximum atomic E-state index is 12.5. The summed E-state index contributed by atoms with van der Waals surface area (Å²) in [6.45, 7) is 1.97. The molecule has 4 nitrogen and oxygen atoms in total. The van der Waals surface area contributed by atoms with Gasteiger partial charge in [0.1, 0.15) is 0 Å². The molecule has 0 aliphatic carbocycles. The van der Waals surface area contributed by atoms with Crippen molar-refractivity contribution in [1.29, 1.82) is 0 Å². The van der Waals surface area contributed by atoms with Crippen molar-refractivity contribution in [3.05, 3.63) is 95.6 Å². The molecule has 0 radical (unpaired) electrons. The van der Waals surface area contributed by atoms with Crippen LogP contribution in [0.1, 0.15) is 27.9 Å². The molecule has 0 heterocycles. The van der Waals surface area contributed by atoms with Crippen molar-refractivity contribution in [3.63, 3.8) is 0 Å². The summed E-state index contributed by atoms with van der Waals surface area (Å²) in [5.74, 6) is -0.281. The number of rotatable bonds is 6. The van der Waals surface area contributed by atoms with E-state index in [1.807, 2.05) is 61.5 Å². The first-order valence-corrected chi connectivity index (χ1v) is 8.92. The molecular weight excluding hydrogens is 336 g/mol. The Balaban J connectivity index is 1.59. The van der Waals surface area contributed by atoms with Crippen LogP contribution in [0.2, 0.25) is 0 Å². The lowest BCUT2D eigenvalue weighted by Gasteiger charge is -2.09. The van der Waals surface area contributed by atoms with E-state index in [9.17, 15) is 9.59 Å². The normalized spacial score (nSPS) is 10.3. The fourth-order valence-electron chi connectivity index (χ4n) is 2.79. The fraction of sp³-hybridized carbons (Fsp3) is 0.130. The molecule has 0 aliphatic rings. The first-order chi connectivity index (χ1) is 13.1. The first-order valence-electron chi connectivity index (χ1n) is 8.92. The average molecular weight is 358 g/mol. The van der Waals surface area contributed by atoms with Gasteiger partial charge >= 0.3 is 0 Å². The maximum Gasteiger partial charge on any atom is 0.255 e. The number of hydrogen-bond acceptors (Lipinski definition) is 2. The molecule has 0 saturated carbocycles. The van der Waals surface area contributed by atoms with Gasteiger partial charge in [0.05, 0.1) is 0 Å². The number of carbonyl (C=O) groups is 2. The zero-order valence-corrected chi connectivity index (χ0v) is 15.2. The minimum Gasteiger partial charge on any atom is -0.326 e. The number of nitrogens with one attached hydrogen (secondary N) is 2. The van der Waals surface area contributed by atoms with E-state index < -0.39 is 0 Å². The zero-order chi connectivity index (χ0) is 19.1. The smallest absolute Gasteiger partial charge is 0.255 e. The molecule has 27 heavy (non-hydrogen) atoms. The third-order valence-corrected chi connectivity index (χ3v) is 4.17. The van der Waals surface area contributed by atoms with Crippen LogP contribution in [0.3, 0.4) is 0 Å². The summed E-state index contributed by atoms with van der Waals surface area (Å²) in [6.07, 6.45) is 1.07. The highest BCUT2D eigenvalue weighted by molar-refractivity contribution is 6.05. The topological polar surface area (TPSA) is 58.2 Å². The maximum absolute atomic E-state index is 12.5. The number of amides is 2. The van der Waals surface area contributed by atoms with Crippen molar-refractivity contribution < 1.29 is 9.59 Å². The second-order valence-electron chi connectivity index (χ2n) is 6.44. The summed E-state index contributed by atoms with van der Waals surface area (Å²) in [5.41, 5.74) is 4.06. The Morgan fingerprint density at radius 1 is 0.778 bits per heavy atom. The van der Waals surface area contributed by atoms with Crippen LogP contribution in [0.25, 0.3) is 0 Å². The third-order valence-electron chi connectivity index (χ3n) is 4.17. The predicted molar refractivity (Wildman–Crippen MR) is 109 cm³/mol. The summed E-state index contributed by atoms with van der Waals surface area (Å²) in [4.78, 5) is 24.6. The van der Waals surface area contributed by atoms with Crippen LogP contribution in [-0.2, 0) is 11.2 Å². The lowest BCUT2D eigenvalue weighted by molar-refractivity contribution is -0.116. The number of hydrogen-bond donors (Lipinski definition) is 2. The van der Waals surface area contributed by atoms with Gasteiger partial charge in [0.15, 0.2) is 0 Å². The highest BCUT2D eigenvalue weighted by Gasteiger charge is 2.09. The van der Waals surface area contributed by atoms with Crippen molar-refractivity contribution in [2.45, 2.75) is 19.8 Å². The summed E-state index contributed by atoms with van der Waals surface area (Å²) in [7, 11) is 0. The number of benzene rings is 3. The van der Waals surface area contributed by atoms with E-state index in [1.54, 1.807) is 24.3 Å². The molecule has 2 N–H and O–H groups in total. The largest absolute Gasteiger partial charge is 0.326 e. The van der Waals surface area contributed by atoms with E-state index in [0.29, 0.717) is 24.1 Å². The van der Waals surface area contributed by atoms with Gasteiger partial charge in [-0.1, -0.05) is 48.5 Å². The van der Waals surface area contributed by atoms with Crippen LogP contribution >= 0.6 is 0 Å². The molecule has 0 bridgehead atoms. The van der Waals surface area contributed by atoms with Gasteiger partial charge in [-0.05, 0) is 54.8 Å². The Morgan fingerprint density at radius 3 is 2.22 bits per heavy atom. The SMILES string of the molecule is Cc1cccc(NC(=O)c2cccc(NC(=O)CCc3ccccc3)c2)c1. The molecule has 0 unspecified atom stereocenters. The van der Waals surface area contributed by atoms with Crippen LogP contribution in [0, 0.1) is 6.92 Å². The minimum atomic E-state index is -0.207. The summed E-state index contributed by atoms with van der Waals surface area (Å²) < 4.78 is 0. The number of aryl methyl sites for hydroxylation is 2. The van der Waals surface area contributed by atoms with Gasteiger partial charge in [0, 0.05) is 23.4 Å². The Bertz CT molecular complexity index is 936. The van der Waals surface area contributed by atoms with E-state index in [0.717, 1.165) is 16.8 Å². The second kappa shape index (κ2) is 8.81. The molecule has 3 rings (SSSR count). The van der Waals surface area contributed by atoms with Crippen molar-refractivity contribution in [1.82, 2.24) is 0 Å². The van der Waals surface area contributed by atoms with Gasteiger partial charge in [-0.2, -0.15) is 0 Å². The molecule has 0 spiro atoms. The highest BCUT2D eigenvalue weighted by atomic mass is 16.2. The van der Waals surface area contributed by atoms with E-state index in [-0.39, 0.29) is 11.8 Å². The summed E-state index contributed by atoms with van der Waals surface area (Å²) >= 11 is 0. The number of carbonyl (C=O) groups excluding carboxylic acids is 2. The minimum absolute atomic E-state index is 0.0740. The van der Waals surface area contributed by atoms with E-state index in [1.165, 1.54) is 0 Å². The molecule has 136 valence electrons. The van der Waals surface area contributed by atoms with E-state index >= 15 is 0 Å². The Kier molecular flexibility index (Phi) is 6.00. The van der Waals surface area contributed by atoms with Crippen molar-refractivity contribution in [2.24, 2.45) is 0 Å². The Labute approximate surface area is 159 Å². The molecule has 2 amide bonds. The van der Waals surface area contributed by atoms with Gasteiger partial charge in [-0.3, -0.25) is 9.59 Å². The van der Waals surface area contributed by atoms with Gasteiger partial charge in [-0.15, -0.1) is 0 Å². The summed E-state index contributed by atoms with van der Waals surface area (Å²) in [5, 5.41) is 5.74. The fourth-order valence-corrected chi connectivity index (χ4v) is 2.79. The average Bonchev–Trinajstić information content (AvgIpc) is 2.67. The second-order valence-corrected chi connectivity index (χ2v) is 6.44. The van der Waals surface area contributed by atoms with Crippen molar-refractivity contribution >= 4 is 23.2 Å². The lowest BCUT2D eigenvalue weighted by Crippen LogP contribution is -2.15. The lowest BCUT2D eigenvalue weighted by atomic mass is 10.1. The van der Waals surface area contributed by atoms with Crippen LogP contribution in [-0.4, -0.2) is 11.8 Å². The molecule has 0 fully saturated rings. The van der Waals surface area contributed by atoms with Gasteiger partial charge in [-0.25, -0.2) is 0 Å². The Morgan fingerprint density at radius 2 is 1.48 bits per heavy atom.